The van der Waals surface area contributed by atoms with Gasteiger partial charge < -0.3 is 23.0 Å². The van der Waals surface area contributed by atoms with Crippen LogP contribution >= 0.6 is 14.5 Å². The normalized spacial score (nSPS) is 26.9. The molecule has 1 aromatic carbocycles. The first-order valence-corrected chi connectivity index (χ1v) is 20.8. The fourth-order valence-corrected chi connectivity index (χ4v) is 7.64. The summed E-state index contributed by atoms with van der Waals surface area (Å²) < 4.78 is 81.5. The highest BCUT2D eigenvalue weighted by atomic mass is 31.2. The van der Waals surface area contributed by atoms with Crippen LogP contribution in [0.5, 0.6) is 0 Å². The predicted octanol–water partition coefficient (Wildman–Crippen LogP) is 7.17. The first-order chi connectivity index (χ1) is 17.2. The fraction of sp³-hybridized carbons (Fsp3) is 0.769. The quantitative estimate of drug-likeness (QED) is 0.179. The summed E-state index contributed by atoms with van der Waals surface area (Å²) in [6, 6.07) is 8.27. The maximum absolute atomic E-state index is 15.5. The van der Waals surface area contributed by atoms with Crippen LogP contribution in [0.1, 0.15) is 46.1 Å². The van der Waals surface area contributed by atoms with Crippen LogP contribution in [0.4, 0.5) is 8.78 Å². The number of benzene rings is 1. The molecule has 0 aromatic heterocycles. The molecule has 0 bridgehead atoms. The Morgan fingerprint density at radius 2 is 1.68 bits per heavy atom. The van der Waals surface area contributed by atoms with Gasteiger partial charge in [0.2, 0.25) is 0 Å². The molecule has 0 saturated carbocycles. The van der Waals surface area contributed by atoms with Gasteiger partial charge in [-0.15, -0.1) is 0 Å². The van der Waals surface area contributed by atoms with Gasteiger partial charge in [0.1, 0.15) is 26.7 Å². The molecule has 216 valence electrons. The fourth-order valence-electron chi connectivity index (χ4n) is 4.24. The second kappa shape index (κ2) is 12.3. The highest BCUT2D eigenvalue weighted by Gasteiger charge is 2.62. The molecule has 1 saturated heterocycles. The molecule has 0 amide bonds. The van der Waals surface area contributed by atoms with Gasteiger partial charge in [0.15, 0.2) is 15.7 Å². The molecule has 0 N–H and O–H groups in total. The first-order valence-electron chi connectivity index (χ1n) is 13.1. The van der Waals surface area contributed by atoms with Gasteiger partial charge in [-0.25, -0.2) is 0 Å². The molecule has 2 radical (unpaired) electrons. The van der Waals surface area contributed by atoms with Crippen LogP contribution in [0, 0.1) is 0 Å². The van der Waals surface area contributed by atoms with E-state index in [0.717, 1.165) is 18.9 Å². The number of hydrogen-bond donors (Lipinski definition) is 0. The van der Waals surface area contributed by atoms with Crippen molar-refractivity contribution in [1.82, 2.24) is 0 Å². The summed E-state index contributed by atoms with van der Waals surface area (Å²) in [7, 11) is -3.00. The molecule has 6 nitrogen and oxygen atoms in total. The summed E-state index contributed by atoms with van der Waals surface area (Å²) in [5.41, 5.74) is -4.43. The van der Waals surface area contributed by atoms with E-state index in [-0.39, 0.29) is 30.8 Å². The minimum Gasteiger partial charge on any atom is -0.409 e. The van der Waals surface area contributed by atoms with Crippen LogP contribution in [0.3, 0.4) is 0 Å². The molecule has 5 atom stereocenters. The number of ether oxygens (including phenoxy) is 2. The summed E-state index contributed by atoms with van der Waals surface area (Å²) in [6.07, 6.45) is -2.89. The van der Waals surface area contributed by atoms with Gasteiger partial charge in [0.25, 0.3) is 5.66 Å². The molecular weight excluding hydrogens is 547 g/mol. The lowest BCUT2D eigenvalue weighted by atomic mass is 9.85. The van der Waals surface area contributed by atoms with Gasteiger partial charge >= 0.3 is 0 Å². The van der Waals surface area contributed by atoms with Crippen molar-refractivity contribution in [3.63, 3.8) is 0 Å². The molecule has 1 aliphatic heterocycles. The first kappa shape index (κ1) is 33.9. The second-order valence-electron chi connectivity index (χ2n) is 12.3. The zero-order valence-corrected chi connectivity index (χ0v) is 27.1. The van der Waals surface area contributed by atoms with E-state index in [1.807, 2.05) is 43.4 Å². The van der Waals surface area contributed by atoms with Crippen molar-refractivity contribution < 1.29 is 36.3 Å². The van der Waals surface area contributed by atoms with E-state index in [2.05, 4.69) is 20.8 Å². The van der Waals surface area contributed by atoms with Crippen molar-refractivity contribution in [3.05, 3.63) is 35.9 Å². The smallest absolute Gasteiger partial charge is 0.300 e. The Morgan fingerprint density at radius 1 is 1.11 bits per heavy atom. The Bertz CT molecular complexity index is 1020. The van der Waals surface area contributed by atoms with E-state index in [4.69, 9.17) is 26.3 Å². The molecule has 2 unspecified atom stereocenters. The van der Waals surface area contributed by atoms with Crippen LogP contribution in [0.2, 0.25) is 18.1 Å². The average molecular weight is 592 g/mol. The molecule has 1 aromatic rings. The molecule has 1 fully saturated rings. The lowest BCUT2D eigenvalue weighted by molar-refractivity contribution is -0.136. The third kappa shape index (κ3) is 8.34. The predicted molar refractivity (Wildman–Crippen MR) is 154 cm³/mol. The lowest BCUT2D eigenvalue weighted by Gasteiger charge is -2.42. The van der Waals surface area contributed by atoms with E-state index >= 15 is 8.78 Å². The molecule has 1 aliphatic rings. The highest BCUT2D eigenvalue weighted by molar-refractivity contribution is 7.63. The number of halogens is 2. The average Bonchev–Trinajstić information content (AvgIpc) is 3.00. The van der Waals surface area contributed by atoms with Crippen molar-refractivity contribution in [2.45, 2.75) is 94.8 Å². The number of hydrogen-bond acceptors (Lipinski definition) is 6. The van der Waals surface area contributed by atoms with Crippen molar-refractivity contribution in [3.8, 4) is 0 Å². The number of alkyl halides is 2. The molecule has 38 heavy (non-hydrogen) atoms. The Balaban J connectivity index is 2.60. The molecular formula is C26H45BF2O6P2Si. The Kier molecular flexibility index (Phi) is 10.9. The molecule has 2 rings (SSSR count). The third-order valence-corrected chi connectivity index (χ3v) is 15.7. The second-order valence-corrected chi connectivity index (χ2v) is 23.2. The Labute approximate surface area is 230 Å². The SMILES string of the molecule is [B][C@@H]1O[C@](CCP(C)(=O)OCC)(CC(F)(F)P(C)(C)=O)[C@H](OCc2ccccc2)C1O[Si](C)(C)C(C)(C)C. The molecule has 12 heteroatoms. The van der Waals surface area contributed by atoms with Crippen molar-refractivity contribution in [2.24, 2.45) is 0 Å². The molecule has 0 aliphatic carbocycles. The molecule has 1 heterocycles. The zero-order valence-electron chi connectivity index (χ0n) is 24.3. The van der Waals surface area contributed by atoms with Crippen LogP contribution in [-0.4, -0.2) is 78.4 Å². The topological polar surface area (TPSA) is 71.1 Å². The lowest BCUT2D eigenvalue weighted by Crippen LogP contribution is -2.53. The summed E-state index contributed by atoms with van der Waals surface area (Å²) in [6.45, 7) is 16.0. The van der Waals surface area contributed by atoms with Gasteiger partial charge in [0.05, 0.1) is 25.7 Å². The van der Waals surface area contributed by atoms with Crippen LogP contribution in [0.15, 0.2) is 30.3 Å². The summed E-state index contributed by atoms with van der Waals surface area (Å²) >= 11 is 0. The van der Waals surface area contributed by atoms with Crippen molar-refractivity contribution in [1.29, 1.82) is 0 Å². The third-order valence-electron chi connectivity index (χ3n) is 7.66. The van der Waals surface area contributed by atoms with Gasteiger partial charge in [-0.05, 0) is 50.4 Å². The summed E-state index contributed by atoms with van der Waals surface area (Å²) in [5.74, 6) is 0. The number of rotatable bonds is 13. The van der Waals surface area contributed by atoms with Gasteiger partial charge in [-0.1, -0.05) is 51.1 Å². The Morgan fingerprint density at radius 3 is 2.18 bits per heavy atom. The van der Waals surface area contributed by atoms with Crippen LogP contribution in [-0.2, 0) is 34.2 Å². The van der Waals surface area contributed by atoms with E-state index in [1.165, 1.54) is 6.66 Å². The van der Waals surface area contributed by atoms with Gasteiger partial charge in [0, 0.05) is 18.8 Å². The maximum atomic E-state index is 15.5. The zero-order chi connectivity index (χ0) is 29.2. The standard InChI is InChI=1S/C26H45BF2O6P2Si/c1-10-33-37(7,31)17-16-25(19-26(28,29)36(5,6)30)22(32-18-20-14-12-11-13-15-20)21(23(27)34-25)35-38(8,9)24(2,3)4/h11-15,21-23H,10,16-19H2,1-9H3/t21?,22-,23-,25-,37?/m1/s1. The van der Waals surface area contributed by atoms with Crippen molar-refractivity contribution >= 4 is 30.7 Å². The van der Waals surface area contributed by atoms with Crippen LogP contribution < -0.4 is 0 Å². The van der Waals surface area contributed by atoms with E-state index in [0.29, 0.717) is 0 Å². The minimum atomic E-state index is -3.89. The van der Waals surface area contributed by atoms with Gasteiger partial charge in [-0.2, -0.15) is 8.78 Å². The molecule has 0 spiro atoms. The van der Waals surface area contributed by atoms with Gasteiger partial charge in [-0.3, -0.25) is 4.57 Å². The van der Waals surface area contributed by atoms with E-state index < -0.39 is 58.7 Å². The van der Waals surface area contributed by atoms with E-state index in [1.54, 1.807) is 6.92 Å². The summed E-state index contributed by atoms with van der Waals surface area (Å²) in [5, 5.41) is -0.192. The largest absolute Gasteiger partial charge is 0.409 e. The Hall–Kier alpha value is -0.338. The summed E-state index contributed by atoms with van der Waals surface area (Å²) in [4.78, 5) is 0. The maximum Gasteiger partial charge on any atom is 0.300 e. The van der Waals surface area contributed by atoms with E-state index in [9.17, 15) is 9.13 Å². The monoisotopic (exact) mass is 592 g/mol. The van der Waals surface area contributed by atoms with Crippen molar-refractivity contribution in [2.75, 3.05) is 32.8 Å². The minimum absolute atomic E-state index is 0.0284. The highest BCUT2D eigenvalue weighted by Crippen LogP contribution is 2.60. The van der Waals surface area contributed by atoms with Crippen LogP contribution in [0.25, 0.3) is 0 Å².